The molecule has 0 aliphatic carbocycles. The first-order valence-corrected chi connectivity index (χ1v) is 6.41. The molecule has 4 nitrogen and oxygen atoms in total. The number of rotatable bonds is 3. The fourth-order valence-electron chi connectivity index (χ4n) is 2.68. The summed E-state index contributed by atoms with van der Waals surface area (Å²) >= 11 is 0. The lowest BCUT2D eigenvalue weighted by Gasteiger charge is -2.21. The van der Waals surface area contributed by atoms with Gasteiger partial charge >= 0.3 is 0 Å². The molecule has 0 atom stereocenters. The number of benzene rings is 1. The molecule has 0 spiro atoms. The molecule has 1 aliphatic heterocycles. The highest BCUT2D eigenvalue weighted by Gasteiger charge is 2.22. The van der Waals surface area contributed by atoms with Crippen molar-refractivity contribution in [2.24, 2.45) is 0 Å². The van der Waals surface area contributed by atoms with Crippen LogP contribution in [-0.4, -0.2) is 16.1 Å². The Morgan fingerprint density at radius 3 is 3.11 bits per heavy atom. The average molecular weight is 242 g/mol. The van der Waals surface area contributed by atoms with E-state index in [0.717, 1.165) is 31.7 Å². The zero-order valence-corrected chi connectivity index (χ0v) is 10.6. The summed E-state index contributed by atoms with van der Waals surface area (Å²) < 4.78 is 2.18. The predicted molar refractivity (Wildman–Crippen MR) is 73.5 cm³/mol. The summed E-state index contributed by atoms with van der Waals surface area (Å²) in [5, 5.41) is 0. The van der Waals surface area contributed by atoms with Crippen LogP contribution in [0.25, 0.3) is 0 Å². The van der Waals surface area contributed by atoms with Crippen LogP contribution in [0.4, 0.5) is 11.4 Å². The molecular formula is C14H18N4. The van der Waals surface area contributed by atoms with Gasteiger partial charge in [-0.2, -0.15) is 0 Å². The van der Waals surface area contributed by atoms with Crippen LogP contribution >= 0.6 is 0 Å². The van der Waals surface area contributed by atoms with E-state index in [2.05, 4.69) is 27.4 Å². The molecule has 2 heterocycles. The van der Waals surface area contributed by atoms with Crippen molar-refractivity contribution >= 4 is 11.4 Å². The lowest BCUT2D eigenvalue weighted by Crippen LogP contribution is -2.22. The van der Waals surface area contributed by atoms with E-state index in [0.29, 0.717) is 0 Å². The Balaban J connectivity index is 1.89. The van der Waals surface area contributed by atoms with E-state index in [4.69, 9.17) is 5.73 Å². The van der Waals surface area contributed by atoms with Gasteiger partial charge in [0.1, 0.15) is 0 Å². The minimum atomic E-state index is 0.882. The van der Waals surface area contributed by atoms with Crippen LogP contribution in [0.3, 0.4) is 0 Å². The van der Waals surface area contributed by atoms with Gasteiger partial charge in [-0.05, 0) is 25.0 Å². The quantitative estimate of drug-likeness (QED) is 0.838. The van der Waals surface area contributed by atoms with Crippen molar-refractivity contribution < 1.29 is 0 Å². The third-order valence-corrected chi connectivity index (χ3v) is 3.61. The molecule has 0 saturated carbocycles. The van der Waals surface area contributed by atoms with Gasteiger partial charge in [0.2, 0.25) is 0 Å². The Kier molecular flexibility index (Phi) is 2.70. The van der Waals surface area contributed by atoms with E-state index in [1.54, 1.807) is 0 Å². The minimum absolute atomic E-state index is 0.882. The number of hydrogen-bond donors (Lipinski definition) is 1. The van der Waals surface area contributed by atoms with Crippen LogP contribution in [0.5, 0.6) is 0 Å². The normalized spacial score (nSPS) is 13.9. The zero-order chi connectivity index (χ0) is 12.5. The highest BCUT2D eigenvalue weighted by Crippen LogP contribution is 2.34. The second kappa shape index (κ2) is 4.37. The number of imidazole rings is 1. The van der Waals surface area contributed by atoms with Crippen molar-refractivity contribution in [1.82, 2.24) is 9.55 Å². The summed E-state index contributed by atoms with van der Waals surface area (Å²) in [6.45, 7) is 5.02. The standard InChI is InChI=1S/C14H18N4/c1-2-17-10-16-8-12(17)9-18-7-6-11-4-3-5-13(15)14(11)18/h3-5,8,10H,2,6-7,9,15H2,1H3. The molecule has 1 aromatic heterocycles. The highest BCUT2D eigenvalue weighted by molar-refractivity contribution is 5.74. The van der Waals surface area contributed by atoms with Gasteiger partial charge in [0, 0.05) is 19.3 Å². The molecule has 4 heteroatoms. The molecule has 0 fully saturated rings. The maximum Gasteiger partial charge on any atom is 0.0948 e. The molecule has 2 aromatic rings. The molecule has 2 N–H and O–H groups in total. The summed E-state index contributed by atoms with van der Waals surface area (Å²) in [5.74, 6) is 0. The van der Waals surface area contributed by atoms with Crippen molar-refractivity contribution in [3.8, 4) is 0 Å². The molecule has 3 rings (SSSR count). The van der Waals surface area contributed by atoms with Crippen LogP contribution in [-0.2, 0) is 19.5 Å². The van der Waals surface area contributed by atoms with Gasteiger partial charge in [-0.1, -0.05) is 12.1 Å². The van der Waals surface area contributed by atoms with Gasteiger partial charge in [-0.15, -0.1) is 0 Å². The van der Waals surface area contributed by atoms with Gasteiger partial charge < -0.3 is 15.2 Å². The third kappa shape index (κ3) is 1.74. The SMILES string of the molecule is CCn1cncc1CN1CCc2cccc(N)c21. The highest BCUT2D eigenvalue weighted by atomic mass is 15.2. The average Bonchev–Trinajstić information content (AvgIpc) is 2.97. The molecule has 0 amide bonds. The Bertz CT molecular complexity index is 559. The van der Waals surface area contributed by atoms with Gasteiger partial charge in [0.15, 0.2) is 0 Å². The number of aromatic nitrogens is 2. The fourth-order valence-corrected chi connectivity index (χ4v) is 2.68. The van der Waals surface area contributed by atoms with Crippen LogP contribution in [0.1, 0.15) is 18.2 Å². The second-order valence-electron chi connectivity index (χ2n) is 4.70. The summed E-state index contributed by atoms with van der Waals surface area (Å²) in [5.41, 5.74) is 10.8. The molecule has 0 unspecified atom stereocenters. The van der Waals surface area contributed by atoms with Crippen molar-refractivity contribution in [3.05, 3.63) is 42.0 Å². The molecule has 0 radical (unpaired) electrons. The van der Waals surface area contributed by atoms with Crippen molar-refractivity contribution in [3.63, 3.8) is 0 Å². The van der Waals surface area contributed by atoms with Crippen molar-refractivity contribution in [1.29, 1.82) is 0 Å². The molecule has 0 bridgehead atoms. The van der Waals surface area contributed by atoms with E-state index in [9.17, 15) is 0 Å². The Hall–Kier alpha value is -1.97. The number of nitrogens with zero attached hydrogens (tertiary/aromatic N) is 3. The molecule has 1 aliphatic rings. The summed E-state index contributed by atoms with van der Waals surface area (Å²) in [6, 6.07) is 6.19. The zero-order valence-electron chi connectivity index (χ0n) is 10.6. The third-order valence-electron chi connectivity index (χ3n) is 3.61. The molecule has 0 saturated heterocycles. The van der Waals surface area contributed by atoms with Crippen LogP contribution < -0.4 is 10.6 Å². The van der Waals surface area contributed by atoms with Crippen LogP contribution in [0, 0.1) is 0 Å². The van der Waals surface area contributed by atoms with Gasteiger partial charge in [-0.25, -0.2) is 4.98 Å². The van der Waals surface area contributed by atoms with E-state index in [1.165, 1.54) is 16.9 Å². The number of aryl methyl sites for hydroxylation is 1. The van der Waals surface area contributed by atoms with E-state index in [1.807, 2.05) is 24.7 Å². The van der Waals surface area contributed by atoms with E-state index in [-0.39, 0.29) is 0 Å². The minimum Gasteiger partial charge on any atom is -0.397 e. The first-order valence-electron chi connectivity index (χ1n) is 6.41. The van der Waals surface area contributed by atoms with Crippen molar-refractivity contribution in [2.75, 3.05) is 17.2 Å². The molecule has 94 valence electrons. The molecule has 18 heavy (non-hydrogen) atoms. The first kappa shape index (κ1) is 11.1. The predicted octanol–water partition coefficient (Wildman–Crippen LogP) is 2.05. The summed E-state index contributed by atoms with van der Waals surface area (Å²) in [4.78, 5) is 6.57. The van der Waals surface area contributed by atoms with Gasteiger partial charge in [0.05, 0.1) is 29.9 Å². The largest absolute Gasteiger partial charge is 0.397 e. The Morgan fingerprint density at radius 2 is 2.28 bits per heavy atom. The maximum absolute atomic E-state index is 6.10. The summed E-state index contributed by atoms with van der Waals surface area (Å²) in [6.07, 6.45) is 4.92. The fraction of sp³-hybridized carbons (Fsp3) is 0.357. The Morgan fingerprint density at radius 1 is 1.39 bits per heavy atom. The summed E-state index contributed by atoms with van der Waals surface area (Å²) in [7, 11) is 0. The van der Waals surface area contributed by atoms with Crippen molar-refractivity contribution in [2.45, 2.75) is 26.4 Å². The number of fused-ring (bicyclic) bond motifs is 1. The molecular weight excluding hydrogens is 224 g/mol. The smallest absolute Gasteiger partial charge is 0.0948 e. The number of nitrogens with two attached hydrogens (primary N) is 1. The Labute approximate surface area is 107 Å². The lowest BCUT2D eigenvalue weighted by molar-refractivity contribution is 0.690. The molecule has 1 aromatic carbocycles. The lowest BCUT2D eigenvalue weighted by atomic mass is 10.1. The number of hydrogen-bond acceptors (Lipinski definition) is 3. The maximum atomic E-state index is 6.10. The number of anilines is 2. The van der Waals surface area contributed by atoms with E-state index < -0.39 is 0 Å². The van der Waals surface area contributed by atoms with Crippen LogP contribution in [0.15, 0.2) is 30.7 Å². The first-order chi connectivity index (χ1) is 8.79. The van der Waals surface area contributed by atoms with E-state index >= 15 is 0 Å². The van der Waals surface area contributed by atoms with Gasteiger partial charge in [-0.3, -0.25) is 0 Å². The number of nitrogen functional groups attached to an aromatic ring is 1. The van der Waals surface area contributed by atoms with Crippen LogP contribution in [0.2, 0.25) is 0 Å². The monoisotopic (exact) mass is 242 g/mol. The van der Waals surface area contributed by atoms with Gasteiger partial charge in [0.25, 0.3) is 0 Å². The topological polar surface area (TPSA) is 47.1 Å². The second-order valence-corrected chi connectivity index (χ2v) is 4.70. The number of para-hydroxylation sites is 1.